The van der Waals surface area contributed by atoms with Crippen LogP contribution in [0, 0.1) is 0 Å². The number of carbonyl (C=O) groups is 1. The summed E-state index contributed by atoms with van der Waals surface area (Å²) in [4.78, 5) is 13.6. The van der Waals surface area contributed by atoms with Gasteiger partial charge in [0.15, 0.2) is 11.5 Å². The summed E-state index contributed by atoms with van der Waals surface area (Å²) in [6.07, 6.45) is 0. The number of fused-ring (bicyclic) bond motifs is 1. The fraction of sp³-hybridized carbons (Fsp3) is 0.222. The van der Waals surface area contributed by atoms with E-state index in [1.54, 1.807) is 12.1 Å². The van der Waals surface area contributed by atoms with Gasteiger partial charge in [-0.15, -0.1) is 10.2 Å². The van der Waals surface area contributed by atoms with E-state index in [0.29, 0.717) is 27.9 Å². The van der Waals surface area contributed by atoms with Crippen LogP contribution in [0.3, 0.4) is 0 Å². The second-order valence-electron chi connectivity index (χ2n) is 6.03. The van der Waals surface area contributed by atoms with Crippen LogP contribution in [-0.4, -0.2) is 32.9 Å². The van der Waals surface area contributed by atoms with Crippen molar-refractivity contribution in [3.8, 4) is 22.9 Å². The molecule has 1 aliphatic heterocycles. The Bertz CT molecular complexity index is 991. The Balaban J connectivity index is 1.40. The normalized spacial score (nSPS) is 13.4. The molecule has 0 radical (unpaired) electrons. The number of amides is 1. The van der Waals surface area contributed by atoms with E-state index in [1.807, 2.05) is 37.3 Å². The lowest BCUT2D eigenvalue weighted by molar-refractivity contribution is -0.122. The van der Waals surface area contributed by atoms with Crippen LogP contribution < -0.4 is 14.8 Å². The van der Waals surface area contributed by atoms with Crippen LogP contribution in [0.5, 0.6) is 11.5 Å². The van der Waals surface area contributed by atoms with Crippen molar-refractivity contribution in [1.82, 2.24) is 25.5 Å². The minimum absolute atomic E-state index is 0.0493. The van der Waals surface area contributed by atoms with Gasteiger partial charge in [-0.3, -0.25) is 4.79 Å². The number of tetrazole rings is 1. The highest BCUT2D eigenvalue weighted by atomic mass is 35.5. The second kappa shape index (κ2) is 7.24. The van der Waals surface area contributed by atoms with E-state index in [0.717, 1.165) is 5.56 Å². The first-order valence-electron chi connectivity index (χ1n) is 8.32. The summed E-state index contributed by atoms with van der Waals surface area (Å²) in [5, 5.41) is 15.5. The maximum atomic E-state index is 12.3. The lowest BCUT2D eigenvalue weighted by Crippen LogP contribution is -2.30. The second-order valence-corrected chi connectivity index (χ2v) is 6.43. The number of aromatic nitrogens is 4. The minimum Gasteiger partial charge on any atom is -0.454 e. The van der Waals surface area contributed by atoms with Crippen LogP contribution in [0.1, 0.15) is 18.5 Å². The number of benzene rings is 2. The lowest BCUT2D eigenvalue weighted by atomic mass is 10.1. The molecule has 1 aromatic heterocycles. The highest BCUT2D eigenvalue weighted by Crippen LogP contribution is 2.34. The van der Waals surface area contributed by atoms with Crippen LogP contribution in [0.2, 0.25) is 5.02 Å². The molecular weight excluding hydrogens is 370 g/mol. The Hall–Kier alpha value is -3.13. The maximum absolute atomic E-state index is 12.3. The van der Waals surface area contributed by atoms with Gasteiger partial charge in [-0.25, -0.2) is 0 Å². The summed E-state index contributed by atoms with van der Waals surface area (Å²) in [6, 6.07) is 12.6. The zero-order valence-electron chi connectivity index (χ0n) is 14.4. The first kappa shape index (κ1) is 17.3. The highest BCUT2D eigenvalue weighted by Gasteiger charge is 2.18. The Labute approximate surface area is 160 Å². The molecule has 0 spiro atoms. The molecule has 0 saturated carbocycles. The zero-order valence-corrected chi connectivity index (χ0v) is 15.2. The number of nitrogens with zero attached hydrogens (tertiary/aromatic N) is 4. The quantitative estimate of drug-likeness (QED) is 0.725. The van der Waals surface area contributed by atoms with E-state index in [9.17, 15) is 4.79 Å². The molecule has 1 atom stereocenters. The van der Waals surface area contributed by atoms with Gasteiger partial charge in [-0.2, -0.15) is 4.80 Å². The number of hydrogen-bond acceptors (Lipinski definition) is 6. The van der Waals surface area contributed by atoms with Crippen molar-refractivity contribution < 1.29 is 14.3 Å². The van der Waals surface area contributed by atoms with E-state index in [1.165, 1.54) is 4.80 Å². The highest BCUT2D eigenvalue weighted by molar-refractivity contribution is 6.33. The Kier molecular flexibility index (Phi) is 4.64. The summed E-state index contributed by atoms with van der Waals surface area (Å²) in [5.74, 6) is 1.52. The van der Waals surface area contributed by atoms with Gasteiger partial charge in [-0.05, 0) is 42.0 Å². The van der Waals surface area contributed by atoms with Crippen molar-refractivity contribution in [2.45, 2.75) is 19.5 Å². The molecule has 0 fully saturated rings. The number of carbonyl (C=O) groups excluding carboxylic acids is 1. The number of nitrogens with one attached hydrogen (secondary N) is 1. The van der Waals surface area contributed by atoms with Crippen LogP contribution in [0.25, 0.3) is 11.4 Å². The molecule has 0 bridgehead atoms. The fourth-order valence-electron chi connectivity index (χ4n) is 2.74. The number of ether oxygens (including phenoxy) is 2. The lowest BCUT2D eigenvalue weighted by Gasteiger charge is -2.14. The molecule has 0 unspecified atom stereocenters. The number of halogens is 1. The third-order valence-corrected chi connectivity index (χ3v) is 4.46. The Morgan fingerprint density at radius 1 is 1.26 bits per heavy atom. The molecule has 0 saturated heterocycles. The molecule has 0 aliphatic carbocycles. The molecular formula is C18H16ClN5O3. The first-order chi connectivity index (χ1) is 13.1. The van der Waals surface area contributed by atoms with Crippen molar-refractivity contribution >= 4 is 17.5 Å². The van der Waals surface area contributed by atoms with Gasteiger partial charge in [0.25, 0.3) is 0 Å². The summed E-state index contributed by atoms with van der Waals surface area (Å²) in [6.45, 7) is 2.05. The Morgan fingerprint density at radius 3 is 2.93 bits per heavy atom. The average Bonchev–Trinajstić information content (AvgIpc) is 3.30. The molecule has 27 heavy (non-hydrogen) atoms. The molecule has 4 rings (SSSR count). The van der Waals surface area contributed by atoms with E-state index < -0.39 is 0 Å². The standard InChI is InChI=1S/C18H16ClN5O3/c1-11(12-6-7-15-16(8-12)27-10-26-15)20-17(25)9-24-22-18(21-23-24)13-4-2-3-5-14(13)19/h2-8,11H,9-10H2,1H3,(H,20,25)/t11-/m1/s1. The largest absolute Gasteiger partial charge is 0.454 e. The zero-order chi connectivity index (χ0) is 18.8. The molecule has 1 N–H and O–H groups in total. The van der Waals surface area contributed by atoms with Gasteiger partial charge in [0.05, 0.1) is 11.1 Å². The van der Waals surface area contributed by atoms with E-state index in [2.05, 4.69) is 20.7 Å². The van der Waals surface area contributed by atoms with Gasteiger partial charge < -0.3 is 14.8 Å². The third-order valence-electron chi connectivity index (χ3n) is 4.13. The van der Waals surface area contributed by atoms with Gasteiger partial charge >= 0.3 is 0 Å². The topological polar surface area (TPSA) is 91.2 Å². The van der Waals surface area contributed by atoms with Crippen LogP contribution in [0.4, 0.5) is 0 Å². The molecule has 3 aromatic rings. The van der Waals surface area contributed by atoms with Crippen LogP contribution in [0.15, 0.2) is 42.5 Å². The molecule has 2 heterocycles. The molecule has 1 amide bonds. The maximum Gasteiger partial charge on any atom is 0.244 e. The number of hydrogen-bond donors (Lipinski definition) is 1. The number of rotatable bonds is 5. The predicted molar refractivity (Wildman–Crippen MR) is 97.4 cm³/mol. The van der Waals surface area contributed by atoms with Crippen molar-refractivity contribution in [1.29, 1.82) is 0 Å². The third kappa shape index (κ3) is 3.70. The SMILES string of the molecule is C[C@@H](NC(=O)Cn1nnc(-c2ccccc2Cl)n1)c1ccc2c(c1)OCO2. The van der Waals surface area contributed by atoms with Crippen molar-refractivity contribution in [3.63, 3.8) is 0 Å². The molecule has 2 aromatic carbocycles. The Morgan fingerprint density at radius 2 is 2.07 bits per heavy atom. The van der Waals surface area contributed by atoms with E-state index >= 15 is 0 Å². The predicted octanol–water partition coefficient (Wildman–Crippen LogP) is 2.60. The first-order valence-corrected chi connectivity index (χ1v) is 8.69. The van der Waals surface area contributed by atoms with Crippen molar-refractivity contribution in [2.75, 3.05) is 6.79 Å². The van der Waals surface area contributed by atoms with Gasteiger partial charge in [0.1, 0.15) is 6.54 Å². The molecule has 1 aliphatic rings. The summed E-state index contributed by atoms with van der Waals surface area (Å²) >= 11 is 6.14. The average molecular weight is 386 g/mol. The molecule has 8 nitrogen and oxygen atoms in total. The van der Waals surface area contributed by atoms with Gasteiger partial charge in [0.2, 0.25) is 18.5 Å². The van der Waals surface area contributed by atoms with Crippen molar-refractivity contribution in [3.05, 3.63) is 53.1 Å². The van der Waals surface area contributed by atoms with Crippen LogP contribution >= 0.6 is 11.6 Å². The molecule has 138 valence electrons. The van der Waals surface area contributed by atoms with Gasteiger partial charge in [-0.1, -0.05) is 29.8 Å². The van der Waals surface area contributed by atoms with Crippen molar-refractivity contribution in [2.24, 2.45) is 0 Å². The monoisotopic (exact) mass is 385 g/mol. The summed E-state index contributed by atoms with van der Waals surface area (Å²) in [7, 11) is 0. The smallest absolute Gasteiger partial charge is 0.244 e. The molecule has 9 heteroatoms. The van der Waals surface area contributed by atoms with Gasteiger partial charge in [0, 0.05) is 5.56 Å². The van der Waals surface area contributed by atoms with Crippen LogP contribution in [-0.2, 0) is 11.3 Å². The fourth-order valence-corrected chi connectivity index (χ4v) is 2.96. The summed E-state index contributed by atoms with van der Waals surface area (Å²) < 4.78 is 10.7. The van der Waals surface area contributed by atoms with E-state index in [4.69, 9.17) is 21.1 Å². The minimum atomic E-state index is -0.233. The van der Waals surface area contributed by atoms with E-state index in [-0.39, 0.29) is 25.3 Å². The summed E-state index contributed by atoms with van der Waals surface area (Å²) in [5.41, 5.74) is 1.58.